The maximum atomic E-state index is 13.9. The summed E-state index contributed by atoms with van der Waals surface area (Å²) in [5, 5.41) is 0. The lowest BCUT2D eigenvalue weighted by Gasteiger charge is -2.10. The highest BCUT2D eigenvalue weighted by Crippen LogP contribution is 2.33. The van der Waals surface area contributed by atoms with Gasteiger partial charge in [0.2, 0.25) is 0 Å². The van der Waals surface area contributed by atoms with E-state index in [-0.39, 0.29) is 66.2 Å². The topological polar surface area (TPSA) is 77.3 Å². The van der Waals surface area contributed by atoms with Crippen LogP contribution in [0.5, 0.6) is 0 Å². The van der Waals surface area contributed by atoms with Crippen molar-refractivity contribution in [2.45, 2.75) is 0 Å². The van der Waals surface area contributed by atoms with Crippen LogP contribution in [-0.4, -0.2) is 29.9 Å². The summed E-state index contributed by atoms with van der Waals surface area (Å²) in [5.41, 5.74) is 0.0971. The van der Waals surface area contributed by atoms with E-state index in [2.05, 4.69) is 29.9 Å². The van der Waals surface area contributed by atoms with Crippen LogP contribution in [-0.2, 0) is 0 Å². The minimum atomic E-state index is -1.15. The van der Waals surface area contributed by atoms with Crippen molar-refractivity contribution in [1.82, 2.24) is 29.9 Å². The molecule has 0 radical (unpaired) electrons. The number of rotatable bonds is 0. The number of hydrogen-bond acceptors (Lipinski definition) is 6. The smallest absolute Gasteiger partial charge is 0.161 e. The summed E-state index contributed by atoms with van der Waals surface area (Å²) in [5.74, 6) is -6.92. The molecule has 7 aromatic rings. The first-order valence-electron chi connectivity index (χ1n) is 10.3. The van der Waals surface area contributed by atoms with E-state index in [4.69, 9.17) is 0 Å². The second kappa shape index (κ2) is 6.90. The number of nitrogens with zero attached hydrogens (tertiary/aromatic N) is 6. The van der Waals surface area contributed by atoms with E-state index in [9.17, 15) is 26.3 Å². The zero-order chi connectivity index (χ0) is 24.9. The Bertz CT molecular complexity index is 1710. The minimum absolute atomic E-state index is 0.0175. The molecule has 0 atom stereocenters. The fourth-order valence-electron chi connectivity index (χ4n) is 4.15. The quantitative estimate of drug-likeness (QED) is 0.151. The van der Waals surface area contributed by atoms with Crippen LogP contribution in [0.25, 0.3) is 66.2 Å². The number of fused-ring (bicyclic) bond motifs is 9. The average molecular weight is 492 g/mol. The second-order valence-corrected chi connectivity index (χ2v) is 8.03. The Labute approximate surface area is 194 Å². The summed E-state index contributed by atoms with van der Waals surface area (Å²) in [4.78, 5) is 26.3. The molecular weight excluding hydrogens is 486 g/mol. The number of hydrogen-bond donors (Lipinski definition) is 0. The molecule has 0 spiro atoms. The van der Waals surface area contributed by atoms with Crippen LogP contribution in [0.15, 0.2) is 36.4 Å². The zero-order valence-corrected chi connectivity index (χ0v) is 17.4. The molecule has 0 aliphatic rings. The minimum Gasteiger partial charge on any atom is -0.242 e. The third-order valence-electron chi connectivity index (χ3n) is 5.79. The van der Waals surface area contributed by atoms with E-state index in [0.717, 1.165) is 36.4 Å². The summed E-state index contributed by atoms with van der Waals surface area (Å²) < 4.78 is 83.5. The molecule has 3 heterocycles. The molecule has 6 nitrogen and oxygen atoms in total. The third kappa shape index (κ3) is 2.81. The number of aromatic nitrogens is 6. The van der Waals surface area contributed by atoms with Gasteiger partial charge in [-0.15, -0.1) is 0 Å². The molecule has 0 saturated carbocycles. The second-order valence-electron chi connectivity index (χ2n) is 8.03. The first kappa shape index (κ1) is 20.6. The Hall–Kier alpha value is -4.74. The van der Waals surface area contributed by atoms with Crippen LogP contribution in [0.3, 0.4) is 0 Å². The number of benzene rings is 4. The molecule has 0 bridgehead atoms. The van der Waals surface area contributed by atoms with Crippen molar-refractivity contribution in [3.05, 3.63) is 71.3 Å². The zero-order valence-electron chi connectivity index (χ0n) is 17.4. The van der Waals surface area contributed by atoms with Crippen LogP contribution in [0, 0.1) is 34.9 Å². The van der Waals surface area contributed by atoms with Gasteiger partial charge < -0.3 is 0 Å². The Morgan fingerprint density at radius 2 is 0.417 bits per heavy atom. The van der Waals surface area contributed by atoms with Gasteiger partial charge in [0.25, 0.3) is 0 Å². The molecule has 0 unspecified atom stereocenters. The van der Waals surface area contributed by atoms with Crippen molar-refractivity contribution < 1.29 is 26.3 Å². The molecule has 3 aromatic heterocycles. The molecule has 0 aliphatic carbocycles. The molecule has 174 valence electrons. The van der Waals surface area contributed by atoms with Gasteiger partial charge in [-0.1, -0.05) is 0 Å². The van der Waals surface area contributed by atoms with E-state index in [1.54, 1.807) is 0 Å². The van der Waals surface area contributed by atoms with Crippen LogP contribution in [0.2, 0.25) is 0 Å². The van der Waals surface area contributed by atoms with Crippen molar-refractivity contribution in [3.8, 4) is 0 Å². The summed E-state index contributed by atoms with van der Waals surface area (Å²) in [7, 11) is 0. The van der Waals surface area contributed by atoms with E-state index < -0.39 is 34.9 Å². The summed E-state index contributed by atoms with van der Waals surface area (Å²) in [6.07, 6.45) is 0. The fraction of sp³-hybridized carbons (Fsp3) is 0. The SMILES string of the molecule is Fc1cc2nc3c4nc5cc(F)c(F)cc5nc4c4nc5cc(F)c(F)cc5nc4c3nc2cc1F. The van der Waals surface area contributed by atoms with Crippen molar-refractivity contribution in [2.24, 2.45) is 0 Å². The lowest BCUT2D eigenvalue weighted by molar-refractivity contribution is 0.510. The molecule has 0 N–H and O–H groups in total. The van der Waals surface area contributed by atoms with Gasteiger partial charge in [0.1, 0.15) is 33.1 Å². The molecular formula is C24H6F6N6. The van der Waals surface area contributed by atoms with Gasteiger partial charge in [0.15, 0.2) is 34.9 Å². The van der Waals surface area contributed by atoms with E-state index in [1.807, 2.05) is 0 Å². The molecule has 4 aromatic carbocycles. The molecule has 0 aliphatic heterocycles. The van der Waals surface area contributed by atoms with Gasteiger partial charge in [-0.2, -0.15) is 0 Å². The molecule has 7 rings (SSSR count). The lowest BCUT2D eigenvalue weighted by atomic mass is 10.1. The predicted octanol–water partition coefficient (Wildman–Crippen LogP) is 5.81. The highest BCUT2D eigenvalue weighted by molar-refractivity contribution is 6.20. The predicted molar refractivity (Wildman–Crippen MR) is 118 cm³/mol. The van der Waals surface area contributed by atoms with Gasteiger partial charge in [-0.05, 0) is 0 Å². The Kier molecular flexibility index (Phi) is 3.95. The van der Waals surface area contributed by atoms with Crippen molar-refractivity contribution >= 4 is 66.2 Å². The summed E-state index contributed by atoms with van der Waals surface area (Å²) in [6.45, 7) is 0. The van der Waals surface area contributed by atoms with Crippen molar-refractivity contribution in [3.63, 3.8) is 0 Å². The van der Waals surface area contributed by atoms with Gasteiger partial charge in [0, 0.05) is 36.4 Å². The summed E-state index contributed by atoms with van der Waals surface area (Å²) >= 11 is 0. The Balaban J connectivity index is 1.76. The van der Waals surface area contributed by atoms with E-state index in [0.29, 0.717) is 0 Å². The largest absolute Gasteiger partial charge is 0.242 e. The van der Waals surface area contributed by atoms with Crippen molar-refractivity contribution in [2.75, 3.05) is 0 Å². The number of halogens is 6. The molecule has 0 fully saturated rings. The standard InChI is InChI=1S/C24H6F6N6/c25-7-1-13-14(2-8(7)26)32-20-19(31-13)21-23(35-16-4-10(28)9(27)3-15(16)33-21)24-22(20)34-17-5-11(29)12(30)6-18(17)36-24/h1-6H. The van der Waals surface area contributed by atoms with Crippen LogP contribution < -0.4 is 0 Å². The van der Waals surface area contributed by atoms with Gasteiger partial charge >= 0.3 is 0 Å². The fourth-order valence-corrected chi connectivity index (χ4v) is 4.15. The normalized spacial score (nSPS) is 12.2. The lowest BCUT2D eigenvalue weighted by Crippen LogP contribution is -2.00. The monoisotopic (exact) mass is 492 g/mol. The Morgan fingerprint density at radius 1 is 0.278 bits per heavy atom. The molecule has 0 amide bonds. The van der Waals surface area contributed by atoms with Gasteiger partial charge in [0.05, 0.1) is 33.1 Å². The highest BCUT2D eigenvalue weighted by Gasteiger charge is 2.21. The third-order valence-corrected chi connectivity index (χ3v) is 5.79. The Morgan fingerprint density at radius 3 is 0.556 bits per heavy atom. The average Bonchev–Trinajstić information content (AvgIpc) is 2.84. The van der Waals surface area contributed by atoms with Crippen LogP contribution >= 0.6 is 0 Å². The van der Waals surface area contributed by atoms with Gasteiger partial charge in [-0.25, -0.2) is 56.2 Å². The van der Waals surface area contributed by atoms with Crippen LogP contribution in [0.4, 0.5) is 26.3 Å². The van der Waals surface area contributed by atoms with E-state index >= 15 is 0 Å². The first-order chi connectivity index (χ1) is 17.3. The van der Waals surface area contributed by atoms with Gasteiger partial charge in [-0.3, -0.25) is 0 Å². The maximum Gasteiger partial charge on any atom is 0.161 e. The van der Waals surface area contributed by atoms with Crippen LogP contribution in [0.1, 0.15) is 0 Å². The molecule has 12 heteroatoms. The molecule has 36 heavy (non-hydrogen) atoms. The first-order valence-corrected chi connectivity index (χ1v) is 10.3. The molecule has 0 saturated heterocycles. The van der Waals surface area contributed by atoms with E-state index in [1.165, 1.54) is 0 Å². The highest BCUT2D eigenvalue weighted by atomic mass is 19.2. The van der Waals surface area contributed by atoms with Crippen molar-refractivity contribution in [1.29, 1.82) is 0 Å². The summed E-state index contributed by atoms with van der Waals surface area (Å²) in [6, 6.07) is 5.09. The maximum absolute atomic E-state index is 13.9.